The van der Waals surface area contributed by atoms with Crippen molar-refractivity contribution in [3.8, 4) is 22.1 Å². The molecule has 0 aliphatic heterocycles. The van der Waals surface area contributed by atoms with E-state index in [1.807, 2.05) is 18.2 Å². The van der Waals surface area contributed by atoms with Gasteiger partial charge in [0.15, 0.2) is 0 Å². The molecule has 1 aromatic heterocycles. The molecule has 4 rings (SSSR count). The molecule has 8 heteroatoms. The van der Waals surface area contributed by atoms with Crippen LogP contribution < -0.4 is 15.2 Å². The van der Waals surface area contributed by atoms with E-state index < -0.39 is 11.9 Å². The Morgan fingerprint density at radius 2 is 1.97 bits per heavy atom. The zero-order valence-electron chi connectivity index (χ0n) is 14.9. The molecule has 0 saturated carbocycles. The van der Waals surface area contributed by atoms with Gasteiger partial charge in [-0.05, 0) is 42.5 Å². The van der Waals surface area contributed by atoms with Gasteiger partial charge in [0, 0.05) is 5.56 Å². The predicted molar refractivity (Wildman–Crippen MR) is 111 cm³/mol. The van der Waals surface area contributed by atoms with E-state index in [1.54, 1.807) is 36.4 Å². The number of benzene rings is 3. The number of nitrogens with two attached hydrogens (primary N) is 1. The quantitative estimate of drug-likeness (QED) is 0.436. The van der Waals surface area contributed by atoms with Gasteiger partial charge < -0.3 is 15.2 Å². The van der Waals surface area contributed by atoms with Crippen LogP contribution in [-0.2, 0) is 6.61 Å². The van der Waals surface area contributed by atoms with Crippen molar-refractivity contribution in [1.82, 2.24) is 4.98 Å². The van der Waals surface area contributed by atoms with Gasteiger partial charge in [0.2, 0.25) is 0 Å². The molecule has 4 aromatic rings. The molecule has 146 valence electrons. The highest BCUT2D eigenvalue weighted by Crippen LogP contribution is 2.37. The fourth-order valence-electron chi connectivity index (χ4n) is 2.78. The van der Waals surface area contributed by atoms with E-state index in [-0.39, 0.29) is 6.61 Å². The fourth-order valence-corrected chi connectivity index (χ4v) is 4.02. The number of ether oxygens (including phenoxy) is 2. The summed E-state index contributed by atoms with van der Waals surface area (Å²) >= 11 is 7.45. The number of para-hydroxylation sites is 1. The number of carbonyl (C=O) groups is 1. The zero-order chi connectivity index (χ0) is 20.4. The molecule has 0 radical (unpaired) electrons. The molecule has 1 heterocycles. The standard InChI is InChI=1S/C21H14ClFN2O3S/c22-15-5-3-6-16(23)14(15)11-27-12-8-9-17-19(10-12)29-20(25-17)13-4-1-2-7-18(13)28-21(24)26/h1-10H,11H2,(H2,24,26). The van der Waals surface area contributed by atoms with Crippen molar-refractivity contribution in [2.24, 2.45) is 5.73 Å². The minimum atomic E-state index is -0.888. The second-order valence-corrected chi connectivity index (χ2v) is 7.49. The molecule has 2 N–H and O–H groups in total. The Labute approximate surface area is 174 Å². The van der Waals surface area contributed by atoms with Crippen LogP contribution in [0.15, 0.2) is 60.7 Å². The molecule has 3 aromatic carbocycles. The van der Waals surface area contributed by atoms with Gasteiger partial charge in [-0.25, -0.2) is 14.2 Å². The Hall–Kier alpha value is -3.16. The molecule has 0 saturated heterocycles. The van der Waals surface area contributed by atoms with Crippen molar-refractivity contribution in [3.63, 3.8) is 0 Å². The lowest BCUT2D eigenvalue weighted by Gasteiger charge is -2.08. The van der Waals surface area contributed by atoms with Crippen LogP contribution in [-0.4, -0.2) is 11.1 Å². The summed E-state index contributed by atoms with van der Waals surface area (Å²) in [7, 11) is 0. The van der Waals surface area contributed by atoms with E-state index in [4.69, 9.17) is 26.8 Å². The summed E-state index contributed by atoms with van der Waals surface area (Å²) < 4.78 is 25.6. The summed E-state index contributed by atoms with van der Waals surface area (Å²) in [6.45, 7) is 0.0119. The van der Waals surface area contributed by atoms with Gasteiger partial charge in [0.25, 0.3) is 0 Å². The number of rotatable bonds is 5. The summed E-state index contributed by atoms with van der Waals surface area (Å²) in [6.07, 6.45) is -0.888. The average Bonchev–Trinajstić information content (AvgIpc) is 3.11. The molecule has 0 unspecified atom stereocenters. The molecular formula is C21H14ClFN2O3S. The number of aromatic nitrogens is 1. The van der Waals surface area contributed by atoms with Gasteiger partial charge >= 0.3 is 6.09 Å². The van der Waals surface area contributed by atoms with Crippen LogP contribution >= 0.6 is 22.9 Å². The van der Waals surface area contributed by atoms with Crippen molar-refractivity contribution in [2.75, 3.05) is 0 Å². The van der Waals surface area contributed by atoms with Crippen LogP contribution in [0, 0.1) is 5.82 Å². The summed E-state index contributed by atoms with van der Waals surface area (Å²) in [5.41, 5.74) is 6.86. The third-order valence-corrected chi connectivity index (χ3v) is 5.54. The van der Waals surface area contributed by atoms with Crippen molar-refractivity contribution in [3.05, 3.63) is 77.1 Å². The summed E-state index contributed by atoms with van der Waals surface area (Å²) in [5.74, 6) is 0.489. The van der Waals surface area contributed by atoms with Crippen LogP contribution in [0.25, 0.3) is 20.8 Å². The first kappa shape index (κ1) is 19.2. The first-order valence-corrected chi connectivity index (χ1v) is 9.73. The molecule has 0 aliphatic carbocycles. The molecule has 0 aliphatic rings. The first-order chi connectivity index (χ1) is 14.0. The Morgan fingerprint density at radius 1 is 1.14 bits per heavy atom. The van der Waals surface area contributed by atoms with Crippen LogP contribution in [0.5, 0.6) is 11.5 Å². The summed E-state index contributed by atoms with van der Waals surface area (Å²) in [5, 5.41) is 0.989. The van der Waals surface area contributed by atoms with Crippen LogP contribution in [0.4, 0.5) is 9.18 Å². The zero-order valence-corrected chi connectivity index (χ0v) is 16.5. The van der Waals surface area contributed by atoms with Gasteiger partial charge in [-0.3, -0.25) is 0 Å². The molecule has 0 fully saturated rings. The molecular weight excluding hydrogens is 415 g/mol. The lowest BCUT2D eigenvalue weighted by molar-refractivity contribution is 0.211. The third-order valence-electron chi connectivity index (χ3n) is 4.13. The Morgan fingerprint density at radius 3 is 2.76 bits per heavy atom. The molecule has 0 spiro atoms. The lowest BCUT2D eigenvalue weighted by atomic mass is 10.2. The number of amides is 1. The van der Waals surface area contributed by atoms with Gasteiger partial charge in [-0.2, -0.15) is 0 Å². The van der Waals surface area contributed by atoms with Gasteiger partial charge in [-0.15, -0.1) is 11.3 Å². The highest BCUT2D eigenvalue weighted by Gasteiger charge is 2.14. The highest BCUT2D eigenvalue weighted by molar-refractivity contribution is 7.21. The van der Waals surface area contributed by atoms with E-state index in [1.165, 1.54) is 17.4 Å². The van der Waals surface area contributed by atoms with Crippen LogP contribution in [0.2, 0.25) is 5.02 Å². The minimum Gasteiger partial charge on any atom is -0.489 e. The minimum absolute atomic E-state index is 0.0119. The maximum absolute atomic E-state index is 13.9. The number of fused-ring (bicyclic) bond motifs is 1. The molecule has 0 bridgehead atoms. The Kier molecular flexibility index (Phi) is 5.33. The van der Waals surface area contributed by atoms with Gasteiger partial charge in [0.05, 0.1) is 20.8 Å². The Bertz CT molecular complexity index is 1190. The molecule has 0 atom stereocenters. The smallest absolute Gasteiger partial charge is 0.409 e. The van der Waals surface area contributed by atoms with E-state index in [0.29, 0.717) is 32.7 Å². The van der Waals surface area contributed by atoms with E-state index in [2.05, 4.69) is 4.98 Å². The average molecular weight is 429 g/mol. The predicted octanol–water partition coefficient (Wildman–Crippen LogP) is 5.79. The van der Waals surface area contributed by atoms with E-state index in [0.717, 1.165) is 10.2 Å². The van der Waals surface area contributed by atoms with Gasteiger partial charge in [-0.1, -0.05) is 29.8 Å². The van der Waals surface area contributed by atoms with Crippen LogP contribution in [0.1, 0.15) is 5.56 Å². The van der Waals surface area contributed by atoms with Crippen molar-refractivity contribution < 1.29 is 18.7 Å². The SMILES string of the molecule is NC(=O)Oc1ccccc1-c1nc2ccc(OCc3c(F)cccc3Cl)cc2s1. The van der Waals surface area contributed by atoms with Crippen molar-refractivity contribution in [1.29, 1.82) is 0 Å². The number of primary amides is 1. The maximum Gasteiger partial charge on any atom is 0.409 e. The number of nitrogens with zero attached hydrogens (tertiary/aromatic N) is 1. The Balaban J connectivity index is 1.61. The number of hydrogen-bond donors (Lipinski definition) is 1. The fraction of sp³-hybridized carbons (Fsp3) is 0.0476. The molecule has 29 heavy (non-hydrogen) atoms. The second-order valence-electron chi connectivity index (χ2n) is 6.05. The number of halogens is 2. The number of carbonyl (C=O) groups excluding carboxylic acids is 1. The lowest BCUT2D eigenvalue weighted by Crippen LogP contribution is -2.16. The van der Waals surface area contributed by atoms with Gasteiger partial charge in [0.1, 0.15) is 28.9 Å². The van der Waals surface area contributed by atoms with E-state index in [9.17, 15) is 9.18 Å². The first-order valence-electron chi connectivity index (χ1n) is 8.54. The third kappa shape index (κ3) is 4.16. The topological polar surface area (TPSA) is 74.4 Å². The molecule has 5 nitrogen and oxygen atoms in total. The molecule has 1 amide bonds. The number of thiazole rings is 1. The summed E-state index contributed by atoms with van der Waals surface area (Å²) in [6, 6.07) is 16.9. The largest absolute Gasteiger partial charge is 0.489 e. The van der Waals surface area contributed by atoms with Crippen molar-refractivity contribution in [2.45, 2.75) is 6.61 Å². The summed E-state index contributed by atoms with van der Waals surface area (Å²) in [4.78, 5) is 15.7. The van der Waals surface area contributed by atoms with E-state index >= 15 is 0 Å². The second kappa shape index (κ2) is 8.06. The normalized spacial score (nSPS) is 10.8. The highest BCUT2D eigenvalue weighted by atomic mass is 35.5. The maximum atomic E-state index is 13.9. The number of hydrogen-bond acceptors (Lipinski definition) is 5. The van der Waals surface area contributed by atoms with Crippen LogP contribution in [0.3, 0.4) is 0 Å². The monoisotopic (exact) mass is 428 g/mol. The van der Waals surface area contributed by atoms with Crippen molar-refractivity contribution >= 4 is 39.2 Å².